The third-order valence-corrected chi connectivity index (χ3v) is 4.37. The first kappa shape index (κ1) is 13.0. The maximum absolute atomic E-state index is 11.9. The topological polar surface area (TPSA) is 66.4 Å². The van der Waals surface area contributed by atoms with Crippen LogP contribution in [0.5, 0.6) is 0 Å². The lowest BCUT2D eigenvalue weighted by molar-refractivity contribution is -0.155. The van der Waals surface area contributed by atoms with E-state index in [0.29, 0.717) is 19.4 Å². The van der Waals surface area contributed by atoms with Gasteiger partial charge in [0.1, 0.15) is 0 Å². The second-order valence-corrected chi connectivity index (χ2v) is 5.34. The van der Waals surface area contributed by atoms with Crippen LogP contribution in [0, 0.1) is 16.7 Å². The third-order valence-electron chi connectivity index (χ3n) is 4.37. The zero-order valence-corrected chi connectivity index (χ0v) is 10.5. The Morgan fingerprint density at radius 1 is 1.38 bits per heavy atom. The predicted octanol–water partition coefficient (Wildman–Crippen LogP) is 1.65. The molecule has 92 valence electrons. The summed E-state index contributed by atoms with van der Waals surface area (Å²) >= 11 is 0. The third kappa shape index (κ3) is 1.70. The molecule has 0 aromatic heterocycles. The summed E-state index contributed by atoms with van der Waals surface area (Å²) in [6.45, 7) is 7.97. The van der Waals surface area contributed by atoms with Crippen molar-refractivity contribution >= 4 is 11.9 Å². The Morgan fingerprint density at radius 2 is 1.94 bits per heavy atom. The zero-order chi connectivity index (χ0) is 12.6. The molecule has 0 bridgehead atoms. The quantitative estimate of drug-likeness (QED) is 0.770. The Balaban J connectivity index is 2.96. The summed E-state index contributed by atoms with van der Waals surface area (Å²) in [4.78, 5) is 23.2. The van der Waals surface area contributed by atoms with Crippen molar-refractivity contribution in [3.05, 3.63) is 0 Å². The van der Waals surface area contributed by atoms with E-state index >= 15 is 0 Å². The Kier molecular flexibility index (Phi) is 3.31. The average Bonchev–Trinajstić information content (AvgIpc) is 2.40. The number of carboxylic acids is 1. The van der Waals surface area contributed by atoms with E-state index in [2.05, 4.69) is 5.32 Å². The number of rotatable bonds is 3. The van der Waals surface area contributed by atoms with Crippen LogP contribution in [0.3, 0.4) is 0 Å². The van der Waals surface area contributed by atoms with Gasteiger partial charge in [0.15, 0.2) is 0 Å². The van der Waals surface area contributed by atoms with Crippen LogP contribution in [-0.4, -0.2) is 23.5 Å². The van der Waals surface area contributed by atoms with Gasteiger partial charge in [0.2, 0.25) is 5.91 Å². The molecule has 0 unspecified atom stereocenters. The van der Waals surface area contributed by atoms with Gasteiger partial charge in [-0.15, -0.1) is 0 Å². The second-order valence-electron chi connectivity index (χ2n) is 5.34. The Bertz CT molecular complexity index is 311. The fourth-order valence-electron chi connectivity index (χ4n) is 2.64. The van der Waals surface area contributed by atoms with Crippen molar-refractivity contribution in [3.63, 3.8) is 0 Å². The molecule has 2 N–H and O–H groups in total. The van der Waals surface area contributed by atoms with Crippen LogP contribution < -0.4 is 5.32 Å². The monoisotopic (exact) mass is 227 g/mol. The van der Waals surface area contributed by atoms with Gasteiger partial charge in [-0.2, -0.15) is 0 Å². The SMILES string of the molecule is CCNC(=O)[C@H]1CC[C@](C)(C(=O)O)C1(C)C. The van der Waals surface area contributed by atoms with Gasteiger partial charge < -0.3 is 10.4 Å². The van der Waals surface area contributed by atoms with E-state index in [4.69, 9.17) is 0 Å². The van der Waals surface area contributed by atoms with E-state index in [1.165, 1.54) is 0 Å². The van der Waals surface area contributed by atoms with Gasteiger partial charge >= 0.3 is 5.97 Å². The minimum atomic E-state index is -0.803. The first-order valence-electron chi connectivity index (χ1n) is 5.78. The molecule has 0 radical (unpaired) electrons. The maximum atomic E-state index is 11.9. The standard InChI is InChI=1S/C12H21NO3/c1-5-13-9(14)8-6-7-12(4,10(15)16)11(8,2)3/h8H,5-7H2,1-4H3,(H,13,14)(H,15,16)/t8-,12-/m1/s1. The molecule has 1 saturated carbocycles. The van der Waals surface area contributed by atoms with Gasteiger partial charge in [0.05, 0.1) is 5.41 Å². The number of amides is 1. The average molecular weight is 227 g/mol. The molecule has 4 heteroatoms. The summed E-state index contributed by atoms with van der Waals surface area (Å²) < 4.78 is 0. The van der Waals surface area contributed by atoms with Crippen molar-refractivity contribution in [1.29, 1.82) is 0 Å². The molecule has 0 heterocycles. The van der Waals surface area contributed by atoms with E-state index < -0.39 is 16.8 Å². The van der Waals surface area contributed by atoms with Crippen molar-refractivity contribution in [3.8, 4) is 0 Å². The molecule has 16 heavy (non-hydrogen) atoms. The highest BCUT2D eigenvalue weighted by Gasteiger charge is 2.58. The minimum absolute atomic E-state index is 0.0162. The number of hydrogen-bond acceptors (Lipinski definition) is 2. The molecule has 1 amide bonds. The number of aliphatic carboxylic acids is 1. The smallest absolute Gasteiger partial charge is 0.309 e. The molecule has 4 nitrogen and oxygen atoms in total. The summed E-state index contributed by atoms with van der Waals surface area (Å²) in [6, 6.07) is 0. The van der Waals surface area contributed by atoms with Crippen LogP contribution in [0.15, 0.2) is 0 Å². The first-order valence-corrected chi connectivity index (χ1v) is 5.78. The molecule has 0 saturated heterocycles. The number of carboxylic acid groups (broad SMARTS) is 1. The fraction of sp³-hybridized carbons (Fsp3) is 0.833. The number of carbonyl (C=O) groups excluding carboxylic acids is 1. The Hall–Kier alpha value is -1.06. The highest BCUT2D eigenvalue weighted by molar-refractivity contribution is 5.83. The van der Waals surface area contributed by atoms with Crippen LogP contribution in [0.1, 0.15) is 40.5 Å². The van der Waals surface area contributed by atoms with E-state index in [9.17, 15) is 14.7 Å². The van der Waals surface area contributed by atoms with Gasteiger partial charge in [0, 0.05) is 12.5 Å². The van der Waals surface area contributed by atoms with E-state index in [-0.39, 0.29) is 11.8 Å². The molecule has 1 rings (SSSR count). The van der Waals surface area contributed by atoms with Crippen molar-refractivity contribution in [2.75, 3.05) is 6.54 Å². The summed E-state index contributed by atoms with van der Waals surface area (Å²) in [6.07, 6.45) is 1.22. The maximum Gasteiger partial charge on any atom is 0.309 e. The van der Waals surface area contributed by atoms with Crippen LogP contribution in [-0.2, 0) is 9.59 Å². The molecular weight excluding hydrogens is 206 g/mol. The number of nitrogens with one attached hydrogen (secondary N) is 1. The molecule has 0 spiro atoms. The van der Waals surface area contributed by atoms with Gasteiger partial charge in [-0.1, -0.05) is 13.8 Å². The van der Waals surface area contributed by atoms with Crippen LogP contribution in [0.4, 0.5) is 0 Å². The lowest BCUT2D eigenvalue weighted by Gasteiger charge is -2.37. The summed E-state index contributed by atoms with van der Waals surface area (Å²) in [5, 5.41) is 12.1. The van der Waals surface area contributed by atoms with Crippen molar-refractivity contribution in [2.45, 2.75) is 40.5 Å². The largest absolute Gasteiger partial charge is 0.481 e. The van der Waals surface area contributed by atoms with Gasteiger partial charge in [-0.05, 0) is 32.1 Å². The summed E-state index contributed by atoms with van der Waals surface area (Å²) in [7, 11) is 0. The van der Waals surface area contributed by atoms with Crippen molar-refractivity contribution < 1.29 is 14.7 Å². The number of carbonyl (C=O) groups is 2. The lowest BCUT2D eigenvalue weighted by Crippen LogP contribution is -2.45. The summed E-state index contributed by atoms with van der Waals surface area (Å²) in [5.74, 6) is -1.02. The molecule has 0 aromatic rings. The van der Waals surface area contributed by atoms with E-state index in [1.807, 2.05) is 20.8 Å². The minimum Gasteiger partial charge on any atom is -0.481 e. The molecule has 0 aromatic carbocycles. The zero-order valence-electron chi connectivity index (χ0n) is 10.5. The molecule has 2 atom stereocenters. The molecule has 1 aliphatic rings. The van der Waals surface area contributed by atoms with Gasteiger partial charge in [-0.3, -0.25) is 9.59 Å². The van der Waals surface area contributed by atoms with Crippen molar-refractivity contribution in [1.82, 2.24) is 5.32 Å². The fourth-order valence-corrected chi connectivity index (χ4v) is 2.64. The Morgan fingerprint density at radius 3 is 2.31 bits per heavy atom. The molecule has 1 aliphatic carbocycles. The Labute approximate surface area is 96.4 Å². The predicted molar refractivity (Wildman–Crippen MR) is 60.9 cm³/mol. The van der Waals surface area contributed by atoms with Gasteiger partial charge in [0.25, 0.3) is 0 Å². The normalized spacial score (nSPS) is 32.4. The summed E-state index contributed by atoms with van der Waals surface area (Å²) in [5.41, 5.74) is -1.30. The van der Waals surface area contributed by atoms with Gasteiger partial charge in [-0.25, -0.2) is 0 Å². The van der Waals surface area contributed by atoms with Crippen LogP contribution >= 0.6 is 0 Å². The van der Waals surface area contributed by atoms with E-state index in [1.54, 1.807) is 6.92 Å². The highest BCUT2D eigenvalue weighted by Crippen LogP contribution is 2.56. The highest BCUT2D eigenvalue weighted by atomic mass is 16.4. The lowest BCUT2D eigenvalue weighted by atomic mass is 9.65. The van der Waals surface area contributed by atoms with Crippen LogP contribution in [0.2, 0.25) is 0 Å². The van der Waals surface area contributed by atoms with E-state index in [0.717, 1.165) is 0 Å². The first-order chi connectivity index (χ1) is 7.27. The second kappa shape index (κ2) is 4.07. The number of hydrogen-bond donors (Lipinski definition) is 2. The van der Waals surface area contributed by atoms with Crippen molar-refractivity contribution in [2.24, 2.45) is 16.7 Å². The van der Waals surface area contributed by atoms with Crippen LogP contribution in [0.25, 0.3) is 0 Å². The molecular formula is C12H21NO3. The molecule has 1 fully saturated rings. The molecule has 0 aliphatic heterocycles.